The van der Waals surface area contributed by atoms with Crippen LogP contribution in [0.2, 0.25) is 0 Å². The summed E-state index contributed by atoms with van der Waals surface area (Å²) in [5.74, 6) is -1.89. The summed E-state index contributed by atoms with van der Waals surface area (Å²) in [6, 6.07) is 0. The Morgan fingerprint density at radius 3 is 1.07 bits per heavy atom. The minimum atomic E-state index is -0.497. The van der Waals surface area contributed by atoms with E-state index in [2.05, 4.69) is 39.8 Å². The summed E-state index contributed by atoms with van der Waals surface area (Å²) in [7, 11) is 0. The highest BCUT2D eigenvalue weighted by molar-refractivity contribution is 5.78. The van der Waals surface area contributed by atoms with Crippen molar-refractivity contribution in [2.24, 2.45) is 0 Å². The van der Waals surface area contributed by atoms with E-state index in [4.69, 9.17) is 28.4 Å². The Labute approximate surface area is 263 Å². The fraction of sp³-hybridized carbons (Fsp3) is 0.647. The van der Waals surface area contributed by atoms with Crippen molar-refractivity contribution in [3.8, 4) is 0 Å². The summed E-state index contributed by atoms with van der Waals surface area (Å²) in [6.07, 6.45) is 11.6. The molecular weight excluding hydrogens is 568 g/mol. The lowest BCUT2D eigenvalue weighted by Crippen LogP contribution is -2.16. The number of allylic oxidation sites excluding steroid dienone is 6. The van der Waals surface area contributed by atoms with E-state index in [1.807, 2.05) is 26.0 Å². The van der Waals surface area contributed by atoms with E-state index in [0.29, 0.717) is 0 Å². The number of esters is 4. The maximum Gasteiger partial charge on any atom is 0.306 e. The van der Waals surface area contributed by atoms with Crippen LogP contribution in [-0.2, 0) is 47.6 Å². The monoisotopic (exact) mass is 622 g/mol. The van der Waals surface area contributed by atoms with Gasteiger partial charge in [0, 0.05) is 0 Å². The van der Waals surface area contributed by atoms with E-state index in [9.17, 15) is 19.2 Å². The molecule has 0 spiro atoms. The van der Waals surface area contributed by atoms with Crippen LogP contribution in [0.4, 0.5) is 0 Å². The summed E-state index contributed by atoms with van der Waals surface area (Å²) in [4.78, 5) is 47.1. The average molecular weight is 623 g/mol. The number of hydrogen-bond acceptors (Lipinski definition) is 10. The molecule has 10 nitrogen and oxygen atoms in total. The minimum absolute atomic E-state index is 0.0402. The van der Waals surface area contributed by atoms with Crippen molar-refractivity contribution in [1.82, 2.24) is 0 Å². The van der Waals surface area contributed by atoms with Crippen LogP contribution in [0.3, 0.4) is 0 Å². The lowest BCUT2D eigenvalue weighted by Gasteiger charge is -2.08. The van der Waals surface area contributed by atoms with Crippen LogP contribution >= 0.6 is 0 Å². The number of ether oxygens (including phenoxy) is 6. The van der Waals surface area contributed by atoms with Gasteiger partial charge in [0.1, 0.15) is 26.4 Å². The van der Waals surface area contributed by atoms with Gasteiger partial charge in [0.25, 0.3) is 0 Å². The van der Waals surface area contributed by atoms with Crippen LogP contribution in [-0.4, -0.2) is 76.7 Å². The second-order valence-electron chi connectivity index (χ2n) is 10.8. The Balaban J connectivity index is 3.66. The van der Waals surface area contributed by atoms with Gasteiger partial charge >= 0.3 is 23.9 Å². The number of rotatable bonds is 25. The number of hydrogen-bond donors (Lipinski definition) is 0. The third-order valence-electron chi connectivity index (χ3n) is 5.95. The summed E-state index contributed by atoms with van der Waals surface area (Å²) in [6.45, 7) is 13.7. The van der Waals surface area contributed by atoms with Gasteiger partial charge in [-0.3, -0.25) is 19.2 Å². The number of carbonyl (C=O) groups excluding carboxylic acids is 4. The van der Waals surface area contributed by atoms with Gasteiger partial charge in [-0.1, -0.05) is 34.4 Å². The molecule has 0 unspecified atom stereocenters. The first kappa shape index (κ1) is 40.8. The second-order valence-corrected chi connectivity index (χ2v) is 10.8. The fourth-order valence-electron chi connectivity index (χ4n) is 3.38. The quantitative estimate of drug-likeness (QED) is 0.0508. The average Bonchev–Trinajstić information content (AvgIpc) is 2.95. The highest BCUT2D eigenvalue weighted by Crippen LogP contribution is 2.08. The molecule has 0 bridgehead atoms. The molecule has 0 rings (SSSR count). The van der Waals surface area contributed by atoms with E-state index < -0.39 is 23.9 Å². The van der Waals surface area contributed by atoms with Crippen LogP contribution in [0.25, 0.3) is 0 Å². The van der Waals surface area contributed by atoms with E-state index >= 15 is 0 Å². The van der Waals surface area contributed by atoms with Crippen molar-refractivity contribution in [3.05, 3.63) is 46.6 Å². The van der Waals surface area contributed by atoms with E-state index in [1.54, 1.807) is 0 Å². The highest BCUT2D eigenvalue weighted by atomic mass is 16.6. The molecule has 250 valence electrons. The second kappa shape index (κ2) is 27.3. The van der Waals surface area contributed by atoms with Gasteiger partial charge in [0.15, 0.2) is 0 Å². The third-order valence-corrected chi connectivity index (χ3v) is 5.95. The molecule has 0 aliphatic rings. The molecule has 0 saturated carbocycles. The maximum atomic E-state index is 11.8. The zero-order chi connectivity index (χ0) is 33.0. The molecule has 0 aromatic rings. The van der Waals surface area contributed by atoms with Gasteiger partial charge < -0.3 is 28.4 Å². The van der Waals surface area contributed by atoms with Gasteiger partial charge in [-0.25, -0.2) is 0 Å². The molecule has 0 atom stereocenters. The summed E-state index contributed by atoms with van der Waals surface area (Å²) < 4.78 is 31.0. The Morgan fingerprint density at radius 2 is 0.727 bits per heavy atom. The van der Waals surface area contributed by atoms with Crippen molar-refractivity contribution < 1.29 is 47.6 Å². The Bertz CT molecular complexity index is 889. The first-order valence-corrected chi connectivity index (χ1v) is 15.4. The standard InChI is InChI=1S/C34H54O10/c1-27(2)9-7-11-29(5)17-19-41-31(35)13-15-33(37)43-25-23-39-21-22-40-24-26-44-34(38)16-14-32(36)42-20-18-30(6)12-8-10-28(3)4/h9-10,17-18H,7-8,11-16,19-26H2,1-6H3/b29-17+,30-18+. The molecule has 0 N–H and O–H groups in total. The molecule has 44 heavy (non-hydrogen) atoms. The molecule has 0 fully saturated rings. The smallest absolute Gasteiger partial charge is 0.306 e. The zero-order valence-electron chi connectivity index (χ0n) is 27.7. The van der Waals surface area contributed by atoms with Crippen molar-refractivity contribution >= 4 is 23.9 Å². The highest BCUT2D eigenvalue weighted by Gasteiger charge is 2.10. The van der Waals surface area contributed by atoms with Crippen molar-refractivity contribution in [2.45, 2.75) is 92.9 Å². The Hall–Kier alpha value is -3.24. The lowest BCUT2D eigenvalue weighted by molar-refractivity contribution is -0.151. The van der Waals surface area contributed by atoms with Gasteiger partial charge in [-0.05, 0) is 79.4 Å². The van der Waals surface area contributed by atoms with E-state index in [0.717, 1.165) is 36.8 Å². The molecule has 0 aromatic carbocycles. The first-order chi connectivity index (χ1) is 21.0. The fourth-order valence-corrected chi connectivity index (χ4v) is 3.38. The molecule has 0 amide bonds. The molecular formula is C34H54O10. The topological polar surface area (TPSA) is 124 Å². The van der Waals surface area contributed by atoms with Crippen LogP contribution < -0.4 is 0 Å². The van der Waals surface area contributed by atoms with Gasteiger partial charge in [-0.2, -0.15) is 0 Å². The summed E-state index contributed by atoms with van der Waals surface area (Å²) in [5.41, 5.74) is 4.85. The third kappa shape index (κ3) is 28.9. The largest absolute Gasteiger partial charge is 0.463 e. The summed E-state index contributed by atoms with van der Waals surface area (Å²) in [5, 5.41) is 0. The number of carbonyl (C=O) groups is 4. The molecule has 0 aliphatic heterocycles. The molecule has 0 heterocycles. The molecule has 0 aromatic heterocycles. The molecule has 0 saturated heterocycles. The van der Waals surface area contributed by atoms with Gasteiger partial charge in [-0.15, -0.1) is 0 Å². The van der Waals surface area contributed by atoms with Crippen molar-refractivity contribution in [1.29, 1.82) is 0 Å². The van der Waals surface area contributed by atoms with Crippen molar-refractivity contribution in [2.75, 3.05) is 52.9 Å². The summed E-state index contributed by atoms with van der Waals surface area (Å²) >= 11 is 0. The van der Waals surface area contributed by atoms with Gasteiger partial charge in [0.2, 0.25) is 0 Å². The molecule has 0 aliphatic carbocycles. The zero-order valence-corrected chi connectivity index (χ0v) is 27.7. The Kier molecular flexibility index (Phi) is 25.3. The first-order valence-electron chi connectivity index (χ1n) is 15.4. The van der Waals surface area contributed by atoms with Crippen LogP contribution in [0, 0.1) is 0 Å². The van der Waals surface area contributed by atoms with E-state index in [1.165, 1.54) is 11.1 Å². The van der Waals surface area contributed by atoms with Crippen LogP contribution in [0.5, 0.6) is 0 Å². The minimum Gasteiger partial charge on any atom is -0.463 e. The molecule has 10 heteroatoms. The van der Waals surface area contributed by atoms with Crippen molar-refractivity contribution in [3.63, 3.8) is 0 Å². The van der Waals surface area contributed by atoms with Gasteiger partial charge in [0.05, 0.1) is 52.1 Å². The van der Waals surface area contributed by atoms with E-state index in [-0.39, 0.29) is 78.5 Å². The SMILES string of the molecule is CC(C)=CCC/C(C)=C/COC(=O)CCC(=O)OCCOCCOCCOC(=O)CCC(=O)OC/C=C(\C)CCC=C(C)C. The predicted octanol–water partition coefficient (Wildman–Crippen LogP) is 6.14. The maximum absolute atomic E-state index is 11.8. The lowest BCUT2D eigenvalue weighted by atomic mass is 10.1. The Morgan fingerprint density at radius 1 is 0.409 bits per heavy atom. The normalized spacial score (nSPS) is 11.4. The predicted molar refractivity (Wildman–Crippen MR) is 169 cm³/mol. The van der Waals surface area contributed by atoms with Crippen LogP contribution in [0.1, 0.15) is 92.9 Å². The van der Waals surface area contributed by atoms with Crippen LogP contribution in [0.15, 0.2) is 46.6 Å². The molecule has 0 radical (unpaired) electrons.